The number of aryl methyl sites for hydroxylation is 2. The maximum atomic E-state index is 3.46. The first-order valence-corrected chi connectivity index (χ1v) is 5.98. The van der Waals surface area contributed by atoms with Crippen molar-refractivity contribution < 1.29 is 0 Å². The molecule has 0 fully saturated rings. The van der Waals surface area contributed by atoms with Crippen LogP contribution in [0.5, 0.6) is 0 Å². The summed E-state index contributed by atoms with van der Waals surface area (Å²) in [6, 6.07) is 7.48. The van der Waals surface area contributed by atoms with Crippen LogP contribution in [-0.2, 0) is 6.54 Å². The normalized spacial score (nSPS) is 20.1. The van der Waals surface area contributed by atoms with Crippen molar-refractivity contribution in [3.8, 4) is 0 Å². The number of aromatic nitrogens is 1. The average Bonchev–Trinajstić information content (AvgIpc) is 2.58. The first kappa shape index (κ1) is 9.91. The average molecular weight is 214 g/mol. The van der Waals surface area contributed by atoms with E-state index in [-0.39, 0.29) is 0 Å². The van der Waals surface area contributed by atoms with Crippen molar-refractivity contribution >= 4 is 10.9 Å². The van der Waals surface area contributed by atoms with Gasteiger partial charge in [0.25, 0.3) is 0 Å². The fourth-order valence-electron chi connectivity index (χ4n) is 2.89. The van der Waals surface area contributed by atoms with Crippen LogP contribution in [0.3, 0.4) is 0 Å². The van der Waals surface area contributed by atoms with Gasteiger partial charge in [0.2, 0.25) is 0 Å². The highest BCUT2D eigenvalue weighted by atomic mass is 15.1. The van der Waals surface area contributed by atoms with Crippen LogP contribution in [0.4, 0.5) is 0 Å². The molecule has 1 aromatic carbocycles. The molecule has 0 saturated carbocycles. The quantitative estimate of drug-likeness (QED) is 0.713. The summed E-state index contributed by atoms with van der Waals surface area (Å²) in [5, 5.41) is 4.88. The van der Waals surface area contributed by atoms with Crippen LogP contribution in [-0.4, -0.2) is 11.1 Å². The van der Waals surface area contributed by atoms with Crippen LogP contribution in [0.15, 0.2) is 18.2 Å². The molecule has 1 N–H and O–H groups in total. The van der Waals surface area contributed by atoms with Crippen molar-refractivity contribution in [1.82, 2.24) is 9.88 Å². The Hall–Kier alpha value is -1.28. The highest BCUT2D eigenvalue weighted by Gasteiger charge is 2.18. The van der Waals surface area contributed by atoms with E-state index < -0.39 is 0 Å². The summed E-state index contributed by atoms with van der Waals surface area (Å²) in [6.45, 7) is 8.74. The lowest BCUT2D eigenvalue weighted by Crippen LogP contribution is -2.30. The molecule has 2 heterocycles. The van der Waals surface area contributed by atoms with Gasteiger partial charge in [0.15, 0.2) is 0 Å². The van der Waals surface area contributed by atoms with E-state index in [2.05, 4.69) is 48.9 Å². The van der Waals surface area contributed by atoms with Crippen LogP contribution in [0, 0.1) is 13.8 Å². The van der Waals surface area contributed by atoms with Gasteiger partial charge in [0.1, 0.15) is 0 Å². The van der Waals surface area contributed by atoms with E-state index in [1.165, 1.54) is 27.7 Å². The van der Waals surface area contributed by atoms with Crippen molar-refractivity contribution in [1.29, 1.82) is 0 Å². The van der Waals surface area contributed by atoms with Gasteiger partial charge in [0.05, 0.1) is 0 Å². The number of rotatable bonds is 0. The molecule has 0 unspecified atom stereocenters. The summed E-state index contributed by atoms with van der Waals surface area (Å²) in [4.78, 5) is 0. The van der Waals surface area contributed by atoms with Crippen LogP contribution in [0.25, 0.3) is 10.9 Å². The third-order valence-corrected chi connectivity index (χ3v) is 3.58. The molecule has 1 aliphatic rings. The maximum Gasteiger partial charge on any atom is 0.0491 e. The lowest BCUT2D eigenvalue weighted by atomic mass is 10.1. The lowest BCUT2D eigenvalue weighted by molar-refractivity contribution is 0.439. The van der Waals surface area contributed by atoms with Crippen molar-refractivity contribution in [3.63, 3.8) is 0 Å². The van der Waals surface area contributed by atoms with E-state index in [4.69, 9.17) is 0 Å². The predicted molar refractivity (Wildman–Crippen MR) is 67.8 cm³/mol. The zero-order valence-electron chi connectivity index (χ0n) is 10.2. The van der Waals surface area contributed by atoms with Crippen LogP contribution >= 0.6 is 0 Å². The third kappa shape index (κ3) is 1.30. The lowest BCUT2D eigenvalue weighted by Gasteiger charge is -2.24. The summed E-state index contributed by atoms with van der Waals surface area (Å²) in [5.41, 5.74) is 5.57. The van der Waals surface area contributed by atoms with Gasteiger partial charge in [-0.2, -0.15) is 0 Å². The monoisotopic (exact) mass is 214 g/mol. The molecule has 1 aliphatic heterocycles. The highest BCUT2D eigenvalue weighted by Crippen LogP contribution is 2.29. The number of nitrogens with zero attached hydrogens (tertiary/aromatic N) is 1. The van der Waals surface area contributed by atoms with Gasteiger partial charge in [-0.25, -0.2) is 0 Å². The standard InChI is InChI=1S/C14H18N2/c1-9-4-10(2)13-6-12-8-15-7-11(3)16(12)14(13)5-9/h4-6,11,15H,7-8H2,1-3H3/t11-/m1/s1. The van der Waals surface area contributed by atoms with Gasteiger partial charge < -0.3 is 9.88 Å². The fraction of sp³-hybridized carbons (Fsp3) is 0.429. The maximum absolute atomic E-state index is 3.46. The second-order valence-corrected chi connectivity index (χ2v) is 5.00. The molecule has 2 nitrogen and oxygen atoms in total. The molecule has 0 amide bonds. The number of hydrogen-bond donors (Lipinski definition) is 1. The topological polar surface area (TPSA) is 17.0 Å². The Morgan fingerprint density at radius 2 is 2.06 bits per heavy atom. The zero-order valence-corrected chi connectivity index (χ0v) is 10.2. The summed E-state index contributed by atoms with van der Waals surface area (Å²) < 4.78 is 2.49. The molecule has 84 valence electrons. The molecule has 0 radical (unpaired) electrons. The van der Waals surface area contributed by atoms with Gasteiger partial charge in [-0.15, -0.1) is 0 Å². The second kappa shape index (κ2) is 3.36. The fourth-order valence-corrected chi connectivity index (χ4v) is 2.89. The number of benzene rings is 1. The minimum Gasteiger partial charge on any atom is -0.339 e. The molecule has 1 aromatic heterocycles. The van der Waals surface area contributed by atoms with Crippen molar-refractivity contribution in [2.75, 3.05) is 6.54 Å². The summed E-state index contributed by atoms with van der Waals surface area (Å²) in [5.74, 6) is 0. The van der Waals surface area contributed by atoms with E-state index in [1.807, 2.05) is 0 Å². The van der Waals surface area contributed by atoms with Crippen LogP contribution in [0.1, 0.15) is 29.8 Å². The SMILES string of the molecule is Cc1cc(C)c2cc3n(c2c1)[C@H](C)CNC3. The Morgan fingerprint density at radius 3 is 2.88 bits per heavy atom. The van der Waals surface area contributed by atoms with Gasteiger partial charge in [-0.05, 0) is 44.0 Å². The van der Waals surface area contributed by atoms with Crippen LogP contribution in [0.2, 0.25) is 0 Å². The summed E-state index contributed by atoms with van der Waals surface area (Å²) in [6.07, 6.45) is 0. The second-order valence-electron chi connectivity index (χ2n) is 5.00. The van der Waals surface area contributed by atoms with E-state index in [1.54, 1.807) is 0 Å². The molecular formula is C14H18N2. The largest absolute Gasteiger partial charge is 0.339 e. The van der Waals surface area contributed by atoms with Crippen molar-refractivity contribution in [2.24, 2.45) is 0 Å². The highest BCUT2D eigenvalue weighted by molar-refractivity contribution is 5.85. The Morgan fingerprint density at radius 1 is 1.25 bits per heavy atom. The number of fused-ring (bicyclic) bond motifs is 3. The molecule has 0 aliphatic carbocycles. The molecule has 16 heavy (non-hydrogen) atoms. The minimum absolute atomic E-state index is 0.558. The van der Waals surface area contributed by atoms with E-state index in [9.17, 15) is 0 Å². The Bertz CT molecular complexity index is 551. The first-order chi connectivity index (χ1) is 7.66. The molecule has 2 aromatic rings. The smallest absolute Gasteiger partial charge is 0.0491 e. The Kier molecular flexibility index (Phi) is 2.08. The van der Waals surface area contributed by atoms with Crippen molar-refractivity contribution in [3.05, 3.63) is 35.0 Å². The number of nitrogens with one attached hydrogen (secondary N) is 1. The third-order valence-electron chi connectivity index (χ3n) is 3.58. The van der Waals surface area contributed by atoms with E-state index >= 15 is 0 Å². The molecule has 0 bridgehead atoms. The van der Waals surface area contributed by atoms with Gasteiger partial charge in [-0.1, -0.05) is 6.07 Å². The number of hydrogen-bond acceptors (Lipinski definition) is 1. The van der Waals surface area contributed by atoms with Crippen molar-refractivity contribution in [2.45, 2.75) is 33.4 Å². The molecule has 0 saturated heterocycles. The van der Waals surface area contributed by atoms with E-state index in [0.717, 1.165) is 13.1 Å². The minimum atomic E-state index is 0.558. The first-order valence-electron chi connectivity index (χ1n) is 5.98. The predicted octanol–water partition coefficient (Wildman–Crippen LogP) is 2.92. The molecule has 1 atom stereocenters. The van der Waals surface area contributed by atoms with E-state index in [0.29, 0.717) is 6.04 Å². The van der Waals surface area contributed by atoms with Gasteiger partial charge in [-0.3, -0.25) is 0 Å². The Labute approximate surface area is 96.3 Å². The Balaban J connectivity index is 2.38. The molecule has 2 heteroatoms. The van der Waals surface area contributed by atoms with Crippen LogP contribution < -0.4 is 5.32 Å². The molecule has 3 rings (SSSR count). The summed E-state index contributed by atoms with van der Waals surface area (Å²) >= 11 is 0. The van der Waals surface area contributed by atoms with Gasteiger partial charge >= 0.3 is 0 Å². The van der Waals surface area contributed by atoms with Gasteiger partial charge in [0, 0.05) is 35.7 Å². The molecule has 0 spiro atoms. The molecular weight excluding hydrogens is 196 g/mol. The zero-order chi connectivity index (χ0) is 11.3. The summed E-state index contributed by atoms with van der Waals surface area (Å²) in [7, 11) is 0.